The molecule has 0 unspecified atom stereocenters. The van der Waals surface area contributed by atoms with Gasteiger partial charge < -0.3 is 7.43 Å². The molecule has 47 valence electrons. The number of hydrogen-bond donors (Lipinski definition) is 0. The van der Waals surface area contributed by atoms with Gasteiger partial charge in [0.1, 0.15) is 0 Å². The van der Waals surface area contributed by atoms with Crippen LogP contribution in [0.3, 0.4) is 0 Å². The minimum absolute atomic E-state index is 0. The van der Waals surface area contributed by atoms with E-state index in [0.717, 1.165) is 0 Å². The predicted molar refractivity (Wildman–Crippen MR) is 20.0 cm³/mol. The third kappa shape index (κ3) is 65.9. The van der Waals surface area contributed by atoms with Gasteiger partial charge in [0.2, 0.25) is 0 Å². The fourth-order valence-corrected chi connectivity index (χ4v) is 0. The molecule has 0 rings (SSSR count). The molecule has 0 aliphatic rings. The van der Waals surface area contributed by atoms with E-state index in [9.17, 15) is 0 Å². The third-order valence-corrected chi connectivity index (χ3v) is 0. The first-order chi connectivity index (χ1) is 1.41. The molecule has 0 heterocycles. The van der Waals surface area contributed by atoms with Gasteiger partial charge in [-0.2, -0.15) is 0 Å². The molecule has 0 aliphatic carbocycles. The topological polar surface area (TPSA) is 12.4 Å². The van der Waals surface area contributed by atoms with Crippen LogP contribution in [0, 0.1) is 14.5 Å². The average Bonchev–Trinajstić information content (AvgIpc) is 0.918. The smallest absolute Gasteiger partial charge is 0 e. The van der Waals surface area contributed by atoms with Crippen LogP contribution in [0.5, 0.6) is 0 Å². The molecule has 0 aromatic carbocycles. The van der Waals surface area contributed by atoms with Gasteiger partial charge in [0.25, 0.3) is 0 Å². The largest absolute Gasteiger partial charge is 0.358 e. The van der Waals surface area contributed by atoms with Gasteiger partial charge >= 0.3 is 28.1 Å². The van der Waals surface area contributed by atoms with Crippen LogP contribution < -0.4 is 0 Å². The van der Waals surface area contributed by atoms with Gasteiger partial charge in [-0.15, -0.1) is 0 Å². The maximum Gasteiger partial charge on any atom is 0 e. The molecule has 8 heteroatoms. The minimum Gasteiger partial charge on any atom is -0.358 e. The van der Waals surface area contributed by atoms with Crippen molar-refractivity contribution in [3.63, 3.8) is 0 Å². The molecule has 0 aliphatic heterocycles. The Morgan fingerprint density at radius 3 is 1.00 bits per heavy atom. The van der Waals surface area contributed by atoms with Gasteiger partial charge in [0.15, 0.2) is 0 Å². The van der Waals surface area contributed by atoms with Crippen molar-refractivity contribution in [1.29, 1.82) is 0 Å². The van der Waals surface area contributed by atoms with Crippen LogP contribution in [0.4, 0.5) is 0 Å². The van der Waals surface area contributed by atoms with Crippen LogP contribution in [0.2, 0.25) is 0 Å². The summed E-state index contributed by atoms with van der Waals surface area (Å²) in [5.74, 6) is 0. The van der Waals surface area contributed by atoms with Crippen LogP contribution in [0.1, 0.15) is 0 Å². The summed E-state index contributed by atoms with van der Waals surface area (Å²) in [6.07, 6.45) is 0. The fraction of sp³-hybridized carbons (Fsp3) is 0. The van der Waals surface area contributed by atoms with E-state index < -0.39 is 0 Å². The zero-order chi connectivity index (χ0) is 2.71. The first-order valence-electron chi connectivity index (χ1n) is 0.516. The maximum absolute atomic E-state index is 3.19. The molecule has 0 amide bonds. The molecule has 10 heavy (non-hydrogen) atoms. The van der Waals surface area contributed by atoms with Crippen molar-refractivity contribution >= 4 is 51.4 Å². The molecule has 0 aromatic heterocycles. The quantitative estimate of drug-likeness (QED) is 0.368. The van der Waals surface area contributed by atoms with Crippen LogP contribution >= 0.6 is 0 Å². The molecule has 0 bridgehead atoms. The molecule has 0 atom stereocenters. The zero-order valence-corrected chi connectivity index (χ0v) is 20.5. The molecular weight excluding hydrogens is 459 g/mol. The van der Waals surface area contributed by atoms with Crippen LogP contribution in [-0.2, 0) is 138 Å². The Morgan fingerprint density at radius 2 is 1.00 bits per heavy atom. The predicted octanol–water partition coefficient (Wildman–Crippen LogP) is 0.565. The van der Waals surface area contributed by atoms with Gasteiger partial charge in [0, 0.05) is 172 Å². The second kappa shape index (κ2) is 60.1. The molecular formula is C2H5KNV4Y2-2. The van der Waals surface area contributed by atoms with E-state index in [2.05, 4.69) is 10.8 Å². The summed E-state index contributed by atoms with van der Waals surface area (Å²) in [6.45, 7) is 0. The van der Waals surface area contributed by atoms with Gasteiger partial charge in [-0.25, -0.2) is 0 Å². The summed E-state index contributed by atoms with van der Waals surface area (Å²) >= 11 is 1.98. The van der Waals surface area contributed by atoms with Crippen LogP contribution in [0.15, 0.2) is 3.79 Å². The molecule has 0 saturated heterocycles. The summed E-state index contributed by atoms with van der Waals surface area (Å²) in [6, 6.07) is 0. The Hall–Kier alpha value is 5.98. The summed E-state index contributed by atoms with van der Waals surface area (Å²) in [4.78, 5) is 0. The van der Waals surface area contributed by atoms with Crippen LogP contribution in [-0.4, -0.2) is 51.4 Å². The zero-order valence-electron chi connectivity index (χ0n) is 6.10. The van der Waals surface area contributed by atoms with E-state index in [1.807, 2.05) is 17.2 Å². The summed E-state index contributed by atoms with van der Waals surface area (Å²) < 4.78 is 3.19. The van der Waals surface area contributed by atoms with E-state index in [1.165, 1.54) is 0 Å². The van der Waals surface area contributed by atoms with Crippen molar-refractivity contribution in [2.24, 2.45) is 3.79 Å². The molecule has 0 spiro atoms. The van der Waals surface area contributed by atoms with Gasteiger partial charge in [-0.3, -0.25) is 0 Å². The van der Waals surface area contributed by atoms with Gasteiger partial charge in [-0.1, -0.05) is 0 Å². The van der Waals surface area contributed by atoms with Crippen molar-refractivity contribution < 1.29 is 138 Å². The average molecular weight is 464 g/mol. The number of rotatable bonds is 0. The minimum atomic E-state index is 0. The first-order valence-corrected chi connectivity index (χ1v) is 1.14. The van der Waals surface area contributed by atoms with E-state index >= 15 is 0 Å². The van der Waals surface area contributed by atoms with Gasteiger partial charge in [0.05, 0.1) is 0 Å². The molecule has 0 N–H and O–H groups in total. The van der Waals surface area contributed by atoms with Crippen molar-refractivity contribution in [2.75, 3.05) is 0 Å². The van der Waals surface area contributed by atoms with E-state index in [0.29, 0.717) is 0 Å². The first kappa shape index (κ1) is 56.3. The Labute approximate surface area is 202 Å². The van der Waals surface area contributed by atoms with E-state index in [4.69, 9.17) is 0 Å². The van der Waals surface area contributed by atoms with Crippen molar-refractivity contribution in [1.82, 2.24) is 0 Å². The van der Waals surface area contributed by atoms with Crippen molar-refractivity contribution in [3.05, 3.63) is 14.5 Å². The Morgan fingerprint density at radius 1 is 1.00 bits per heavy atom. The third-order valence-electron chi connectivity index (χ3n) is 0. The maximum atomic E-state index is 3.19. The second-order valence-electron chi connectivity index (χ2n) is 0.141. The SMILES string of the molecule is [CH2-][N]=[V].[CH3-].[K].[V].[V].[V].[Y].[Y]. The van der Waals surface area contributed by atoms with Gasteiger partial charge in [-0.05, 0) is 0 Å². The molecule has 0 saturated carbocycles. The molecule has 0 aromatic rings. The summed E-state index contributed by atoms with van der Waals surface area (Å²) in [5, 5.41) is 0. The molecule has 6 radical (unpaired) electrons. The molecule has 0 fully saturated rings. The Kier molecular flexibility index (Phi) is 338. The second-order valence-corrected chi connectivity index (χ2v) is 0.583. The Balaban J connectivity index is -0.000000000952. The number of nitrogens with zero attached hydrogens (tertiary/aromatic N) is 1. The van der Waals surface area contributed by atoms with Crippen molar-refractivity contribution in [2.45, 2.75) is 0 Å². The van der Waals surface area contributed by atoms with Crippen molar-refractivity contribution in [3.8, 4) is 0 Å². The number of hydrogen-bond acceptors (Lipinski definition) is 1. The van der Waals surface area contributed by atoms with E-state index in [1.54, 1.807) is 0 Å². The monoisotopic (exact) mass is 464 g/mol. The standard InChI is InChI=1S/CH2N.CH3.K.4V.2Y/c1-2;;;;;;;;/h1H2;1H3;;;;;;;/q2*-1;;;;;;;. The Bertz CT molecular complexity index is 28.7. The van der Waals surface area contributed by atoms with E-state index in [-0.39, 0.29) is 180 Å². The normalized spacial score (nSPS) is 1.20. The van der Waals surface area contributed by atoms with Crippen LogP contribution in [0.25, 0.3) is 0 Å². The summed E-state index contributed by atoms with van der Waals surface area (Å²) in [7, 11) is 3.08. The fourth-order valence-electron chi connectivity index (χ4n) is 0. The summed E-state index contributed by atoms with van der Waals surface area (Å²) in [5.41, 5.74) is 0. The molecule has 1 nitrogen and oxygen atoms in total.